The molecule has 0 fully saturated rings. The zero-order valence-electron chi connectivity index (χ0n) is 7.79. The van der Waals surface area contributed by atoms with Crippen LogP contribution in [0.15, 0.2) is 22.7 Å². The van der Waals surface area contributed by atoms with Crippen molar-refractivity contribution in [3.63, 3.8) is 0 Å². The molecule has 0 atom stereocenters. The first-order valence-corrected chi connectivity index (χ1v) is 4.98. The Labute approximate surface area is 93.3 Å². The topological polar surface area (TPSA) is 42.2 Å². The van der Waals surface area contributed by atoms with Crippen molar-refractivity contribution in [1.29, 1.82) is 0 Å². The minimum absolute atomic E-state index is 0.141. The van der Waals surface area contributed by atoms with E-state index >= 15 is 0 Å². The number of benzene rings is 1. The molecule has 1 aromatic carbocycles. The maximum absolute atomic E-state index is 13.2. The average molecular weight is 272 g/mol. The van der Waals surface area contributed by atoms with Crippen molar-refractivity contribution in [3.8, 4) is 0 Å². The average Bonchev–Trinajstić information content (AvgIpc) is 2.46. The largest absolute Gasteiger partial charge is 0.477 e. The van der Waals surface area contributed by atoms with Crippen molar-refractivity contribution < 1.29 is 14.3 Å². The maximum Gasteiger partial charge on any atom is 0.352 e. The lowest BCUT2D eigenvalue weighted by Gasteiger charge is -2.00. The summed E-state index contributed by atoms with van der Waals surface area (Å²) in [5.41, 5.74) is 0.704. The van der Waals surface area contributed by atoms with E-state index in [1.165, 1.54) is 16.7 Å². The van der Waals surface area contributed by atoms with Gasteiger partial charge >= 0.3 is 5.97 Å². The Morgan fingerprint density at radius 3 is 2.73 bits per heavy atom. The molecule has 1 N–H and O–H groups in total. The summed E-state index contributed by atoms with van der Waals surface area (Å²) in [4.78, 5) is 10.8. The van der Waals surface area contributed by atoms with Gasteiger partial charge in [0.25, 0.3) is 0 Å². The van der Waals surface area contributed by atoms with Gasteiger partial charge in [-0.3, -0.25) is 0 Å². The Hall–Kier alpha value is -1.36. The Balaban J connectivity index is 2.83. The number of rotatable bonds is 1. The summed E-state index contributed by atoms with van der Waals surface area (Å²) in [6.07, 6.45) is 0. The highest BCUT2D eigenvalue weighted by atomic mass is 79.9. The van der Waals surface area contributed by atoms with Crippen LogP contribution in [-0.2, 0) is 7.05 Å². The second-order valence-corrected chi connectivity index (χ2v) is 4.07. The predicted octanol–water partition coefficient (Wildman–Crippen LogP) is 2.78. The third kappa shape index (κ3) is 1.52. The van der Waals surface area contributed by atoms with Crippen molar-refractivity contribution in [2.45, 2.75) is 0 Å². The van der Waals surface area contributed by atoms with Crippen LogP contribution in [0, 0.1) is 5.82 Å². The molecule has 0 spiro atoms. The molecule has 0 bridgehead atoms. The van der Waals surface area contributed by atoms with Gasteiger partial charge in [-0.1, -0.05) is 0 Å². The summed E-state index contributed by atoms with van der Waals surface area (Å²) in [6.45, 7) is 0. The molecule has 0 amide bonds. The molecule has 2 rings (SSSR count). The molecule has 0 saturated carbocycles. The van der Waals surface area contributed by atoms with E-state index in [9.17, 15) is 9.18 Å². The molecule has 15 heavy (non-hydrogen) atoms. The first kappa shape index (κ1) is 10.2. The number of hydrogen-bond acceptors (Lipinski definition) is 1. The van der Waals surface area contributed by atoms with Gasteiger partial charge < -0.3 is 9.67 Å². The van der Waals surface area contributed by atoms with E-state index in [2.05, 4.69) is 15.9 Å². The number of halogens is 2. The zero-order valence-corrected chi connectivity index (χ0v) is 9.38. The summed E-state index contributed by atoms with van der Waals surface area (Å²) in [7, 11) is 1.60. The van der Waals surface area contributed by atoms with Crippen LogP contribution < -0.4 is 0 Å². The molecule has 0 aliphatic carbocycles. The molecule has 0 unspecified atom stereocenters. The third-order valence-electron chi connectivity index (χ3n) is 2.30. The number of aromatic carboxylic acids is 1. The van der Waals surface area contributed by atoms with Gasteiger partial charge in [-0.25, -0.2) is 9.18 Å². The van der Waals surface area contributed by atoms with E-state index in [0.29, 0.717) is 15.4 Å². The summed E-state index contributed by atoms with van der Waals surface area (Å²) < 4.78 is 15.0. The first-order chi connectivity index (χ1) is 7.00. The monoisotopic (exact) mass is 271 g/mol. The van der Waals surface area contributed by atoms with Crippen LogP contribution in [0.4, 0.5) is 4.39 Å². The normalized spacial score (nSPS) is 10.9. The van der Waals surface area contributed by atoms with E-state index in [-0.39, 0.29) is 5.69 Å². The summed E-state index contributed by atoms with van der Waals surface area (Å²) >= 11 is 3.06. The van der Waals surface area contributed by atoms with Gasteiger partial charge in [-0.15, -0.1) is 0 Å². The summed E-state index contributed by atoms with van der Waals surface area (Å²) in [5.74, 6) is -1.43. The van der Waals surface area contributed by atoms with Crippen LogP contribution in [0.1, 0.15) is 10.5 Å². The van der Waals surface area contributed by atoms with Crippen molar-refractivity contribution in [1.82, 2.24) is 4.57 Å². The molecular formula is C10H7BrFNO2. The third-order valence-corrected chi connectivity index (χ3v) is 2.91. The summed E-state index contributed by atoms with van der Waals surface area (Å²) in [6, 6.07) is 4.39. The molecular weight excluding hydrogens is 265 g/mol. The smallest absolute Gasteiger partial charge is 0.352 e. The fourth-order valence-electron chi connectivity index (χ4n) is 1.54. The van der Waals surface area contributed by atoms with Crippen molar-refractivity contribution in [3.05, 3.63) is 34.2 Å². The first-order valence-electron chi connectivity index (χ1n) is 4.18. The number of aromatic nitrogens is 1. The number of nitrogens with zero attached hydrogens (tertiary/aromatic N) is 1. The van der Waals surface area contributed by atoms with Crippen molar-refractivity contribution >= 4 is 32.8 Å². The highest BCUT2D eigenvalue weighted by Gasteiger charge is 2.13. The number of aryl methyl sites for hydroxylation is 1. The Kier molecular flexibility index (Phi) is 2.26. The van der Waals surface area contributed by atoms with E-state index < -0.39 is 11.8 Å². The van der Waals surface area contributed by atoms with Crippen LogP contribution in [0.25, 0.3) is 10.9 Å². The van der Waals surface area contributed by atoms with E-state index in [1.54, 1.807) is 13.1 Å². The number of hydrogen-bond donors (Lipinski definition) is 1. The van der Waals surface area contributed by atoms with Crippen molar-refractivity contribution in [2.24, 2.45) is 7.05 Å². The molecule has 0 aliphatic rings. The number of carboxylic acid groups (broad SMARTS) is 1. The number of carboxylic acids is 1. The Morgan fingerprint density at radius 2 is 2.13 bits per heavy atom. The molecule has 2 aromatic rings. The lowest BCUT2D eigenvalue weighted by molar-refractivity contribution is 0.0687. The summed E-state index contributed by atoms with van der Waals surface area (Å²) in [5, 5.41) is 9.58. The number of carbonyl (C=O) groups is 1. The van der Waals surface area contributed by atoms with Gasteiger partial charge in [-0.05, 0) is 34.1 Å². The van der Waals surface area contributed by atoms with Crippen LogP contribution in [0.5, 0.6) is 0 Å². The maximum atomic E-state index is 13.2. The van der Waals surface area contributed by atoms with Gasteiger partial charge in [0.2, 0.25) is 0 Å². The second kappa shape index (κ2) is 3.34. The van der Waals surface area contributed by atoms with Gasteiger partial charge in [-0.2, -0.15) is 0 Å². The molecule has 1 heterocycles. The molecule has 0 saturated heterocycles. The molecule has 0 aliphatic heterocycles. The van der Waals surface area contributed by atoms with Gasteiger partial charge in [0, 0.05) is 12.4 Å². The van der Waals surface area contributed by atoms with E-state index in [1.807, 2.05) is 0 Å². The van der Waals surface area contributed by atoms with Crippen molar-refractivity contribution in [2.75, 3.05) is 0 Å². The number of fused-ring (bicyclic) bond motifs is 1. The van der Waals surface area contributed by atoms with Crippen LogP contribution in [0.3, 0.4) is 0 Å². The Bertz CT molecular complexity index is 562. The Morgan fingerprint density at radius 1 is 1.47 bits per heavy atom. The van der Waals surface area contributed by atoms with Crippen LogP contribution in [-0.4, -0.2) is 15.6 Å². The standard InChI is InChI=1S/C10H7BrFNO2/c1-13-8-4-7(12)6(11)2-5(8)3-9(13)10(14)15/h2-4H,1H3,(H,14,15). The fourth-order valence-corrected chi connectivity index (χ4v) is 1.90. The minimum atomic E-state index is -1.02. The highest BCUT2D eigenvalue weighted by molar-refractivity contribution is 9.10. The quantitative estimate of drug-likeness (QED) is 0.867. The van der Waals surface area contributed by atoms with E-state index in [4.69, 9.17) is 5.11 Å². The molecule has 0 radical (unpaired) electrons. The molecule has 3 nitrogen and oxygen atoms in total. The fraction of sp³-hybridized carbons (Fsp3) is 0.100. The second-order valence-electron chi connectivity index (χ2n) is 3.22. The minimum Gasteiger partial charge on any atom is -0.477 e. The lowest BCUT2D eigenvalue weighted by atomic mass is 10.2. The highest BCUT2D eigenvalue weighted by Crippen LogP contribution is 2.25. The van der Waals surface area contributed by atoms with Gasteiger partial charge in [0.1, 0.15) is 11.5 Å². The van der Waals surface area contributed by atoms with Gasteiger partial charge in [0.15, 0.2) is 0 Å². The lowest BCUT2D eigenvalue weighted by Crippen LogP contribution is -2.03. The van der Waals surface area contributed by atoms with E-state index in [0.717, 1.165) is 0 Å². The molecule has 78 valence electrons. The SMILES string of the molecule is Cn1c(C(=O)O)cc2cc(Br)c(F)cc21. The zero-order chi connectivity index (χ0) is 11.2. The molecule has 1 aromatic heterocycles. The van der Waals surface area contributed by atoms with Gasteiger partial charge in [0.05, 0.1) is 9.99 Å². The van der Waals surface area contributed by atoms with Crippen LogP contribution in [0.2, 0.25) is 0 Å². The molecule has 5 heteroatoms. The van der Waals surface area contributed by atoms with Crippen LogP contribution >= 0.6 is 15.9 Å². The predicted molar refractivity (Wildman–Crippen MR) is 57.5 cm³/mol.